The quantitative estimate of drug-likeness (QED) is 0.589. The molecule has 82 valence electrons. The van der Waals surface area contributed by atoms with Gasteiger partial charge in [-0.1, -0.05) is 0 Å². The number of nitrogens with one attached hydrogen (secondary N) is 2. The standard InChI is InChI=1S/C8H13N5O2/c1-15-5-4-9-6-7(14)12-8-10-2-3-11-13-8/h2-3,9H,4-6H2,1H3,(H,10,12,13,14). The Morgan fingerprint density at radius 2 is 2.40 bits per heavy atom. The number of amides is 1. The van der Waals surface area contributed by atoms with E-state index >= 15 is 0 Å². The number of hydrogen-bond donors (Lipinski definition) is 2. The Kier molecular flexibility index (Phi) is 5.20. The van der Waals surface area contributed by atoms with Gasteiger partial charge in [-0.15, -0.1) is 5.10 Å². The maximum absolute atomic E-state index is 11.3. The molecule has 1 heterocycles. The van der Waals surface area contributed by atoms with Gasteiger partial charge in [0.25, 0.3) is 0 Å². The van der Waals surface area contributed by atoms with Crippen LogP contribution in [0.3, 0.4) is 0 Å². The Morgan fingerprint density at radius 1 is 1.53 bits per heavy atom. The first-order chi connectivity index (χ1) is 7.33. The summed E-state index contributed by atoms with van der Waals surface area (Å²) in [5.74, 6) is -0.00450. The molecule has 15 heavy (non-hydrogen) atoms. The highest BCUT2D eigenvalue weighted by Gasteiger charge is 2.02. The minimum absolute atomic E-state index is 0.196. The highest BCUT2D eigenvalue weighted by atomic mass is 16.5. The molecule has 0 atom stereocenters. The van der Waals surface area contributed by atoms with Gasteiger partial charge in [-0.2, -0.15) is 5.10 Å². The van der Waals surface area contributed by atoms with Gasteiger partial charge in [0.15, 0.2) is 0 Å². The number of carbonyl (C=O) groups excluding carboxylic acids is 1. The van der Waals surface area contributed by atoms with Crippen LogP contribution >= 0.6 is 0 Å². The van der Waals surface area contributed by atoms with E-state index in [-0.39, 0.29) is 18.4 Å². The summed E-state index contributed by atoms with van der Waals surface area (Å²) in [4.78, 5) is 15.1. The Balaban J connectivity index is 2.19. The zero-order valence-electron chi connectivity index (χ0n) is 8.43. The second-order valence-corrected chi connectivity index (χ2v) is 2.68. The van der Waals surface area contributed by atoms with E-state index in [1.807, 2.05) is 0 Å². The molecule has 1 amide bonds. The molecule has 0 aromatic carbocycles. The van der Waals surface area contributed by atoms with Gasteiger partial charge in [0.1, 0.15) is 0 Å². The number of hydrogen-bond acceptors (Lipinski definition) is 6. The van der Waals surface area contributed by atoms with Crippen molar-refractivity contribution < 1.29 is 9.53 Å². The molecule has 0 unspecified atom stereocenters. The highest BCUT2D eigenvalue weighted by Crippen LogP contribution is 1.90. The summed E-state index contributed by atoms with van der Waals surface area (Å²) in [5.41, 5.74) is 0. The van der Waals surface area contributed by atoms with Gasteiger partial charge in [-0.3, -0.25) is 10.1 Å². The lowest BCUT2D eigenvalue weighted by Crippen LogP contribution is -2.30. The van der Waals surface area contributed by atoms with Gasteiger partial charge < -0.3 is 10.1 Å². The molecule has 0 bridgehead atoms. The Bertz CT molecular complexity index is 292. The van der Waals surface area contributed by atoms with Gasteiger partial charge in [-0.05, 0) is 0 Å². The van der Waals surface area contributed by atoms with Crippen LogP contribution in [0.1, 0.15) is 0 Å². The predicted octanol–water partition coefficient (Wildman–Crippen LogP) is -0.954. The molecule has 0 fully saturated rings. The molecule has 0 radical (unpaired) electrons. The average Bonchev–Trinajstić information content (AvgIpc) is 2.26. The topological polar surface area (TPSA) is 89.0 Å². The first kappa shape index (κ1) is 11.5. The van der Waals surface area contributed by atoms with E-state index < -0.39 is 0 Å². The second-order valence-electron chi connectivity index (χ2n) is 2.68. The van der Waals surface area contributed by atoms with E-state index in [1.165, 1.54) is 12.4 Å². The second kappa shape index (κ2) is 6.80. The fourth-order valence-corrected chi connectivity index (χ4v) is 0.850. The Morgan fingerprint density at radius 3 is 3.07 bits per heavy atom. The average molecular weight is 211 g/mol. The first-order valence-corrected chi connectivity index (χ1v) is 4.46. The van der Waals surface area contributed by atoms with Gasteiger partial charge in [0.2, 0.25) is 11.9 Å². The summed E-state index contributed by atoms with van der Waals surface area (Å²) in [5, 5.41) is 12.6. The number of methoxy groups -OCH3 is 1. The summed E-state index contributed by atoms with van der Waals surface area (Å²) in [6, 6.07) is 0. The number of anilines is 1. The van der Waals surface area contributed by atoms with Crippen LogP contribution in [-0.2, 0) is 9.53 Å². The molecule has 1 aromatic rings. The maximum Gasteiger partial charge on any atom is 0.249 e. The summed E-state index contributed by atoms with van der Waals surface area (Å²) in [7, 11) is 1.60. The minimum Gasteiger partial charge on any atom is -0.383 e. The number of rotatable bonds is 6. The molecule has 2 N–H and O–H groups in total. The molecule has 0 aliphatic heterocycles. The van der Waals surface area contributed by atoms with E-state index in [0.29, 0.717) is 13.2 Å². The summed E-state index contributed by atoms with van der Waals surface area (Å²) in [6.07, 6.45) is 2.90. The molecule has 0 spiro atoms. The normalized spacial score (nSPS) is 9.93. The molecule has 0 saturated carbocycles. The molecule has 7 nitrogen and oxygen atoms in total. The van der Waals surface area contributed by atoms with E-state index in [1.54, 1.807) is 7.11 Å². The van der Waals surface area contributed by atoms with Crippen molar-refractivity contribution in [2.24, 2.45) is 0 Å². The molecule has 1 rings (SSSR count). The van der Waals surface area contributed by atoms with Crippen LogP contribution in [-0.4, -0.2) is 47.9 Å². The molecule has 1 aromatic heterocycles. The van der Waals surface area contributed by atoms with Crippen molar-refractivity contribution in [1.29, 1.82) is 0 Å². The molecule has 0 aliphatic rings. The van der Waals surface area contributed by atoms with Gasteiger partial charge in [-0.25, -0.2) is 4.98 Å². The SMILES string of the molecule is COCCNCC(=O)Nc1nccnn1. The van der Waals surface area contributed by atoms with Crippen LogP contribution in [0.25, 0.3) is 0 Å². The summed E-state index contributed by atoms with van der Waals surface area (Å²) >= 11 is 0. The fourth-order valence-electron chi connectivity index (χ4n) is 0.850. The van der Waals surface area contributed by atoms with Crippen molar-refractivity contribution in [3.05, 3.63) is 12.4 Å². The van der Waals surface area contributed by atoms with Crippen LogP contribution in [0.4, 0.5) is 5.95 Å². The lowest BCUT2D eigenvalue weighted by atomic mass is 10.5. The molecule has 0 aliphatic carbocycles. The molecule has 7 heteroatoms. The third kappa shape index (κ3) is 4.99. The highest BCUT2D eigenvalue weighted by molar-refractivity contribution is 5.90. The smallest absolute Gasteiger partial charge is 0.249 e. The van der Waals surface area contributed by atoms with Crippen LogP contribution in [0.2, 0.25) is 0 Å². The zero-order valence-corrected chi connectivity index (χ0v) is 8.43. The van der Waals surface area contributed by atoms with Gasteiger partial charge in [0.05, 0.1) is 25.5 Å². The van der Waals surface area contributed by atoms with Crippen LogP contribution < -0.4 is 10.6 Å². The third-order valence-electron chi connectivity index (χ3n) is 1.50. The van der Waals surface area contributed by atoms with E-state index in [9.17, 15) is 4.79 Å². The van der Waals surface area contributed by atoms with Gasteiger partial charge >= 0.3 is 0 Å². The zero-order chi connectivity index (χ0) is 10.9. The monoisotopic (exact) mass is 211 g/mol. The van der Waals surface area contributed by atoms with E-state index in [0.717, 1.165) is 0 Å². The van der Waals surface area contributed by atoms with Crippen molar-refractivity contribution in [1.82, 2.24) is 20.5 Å². The Labute approximate surface area is 87.3 Å². The fraction of sp³-hybridized carbons (Fsp3) is 0.500. The van der Waals surface area contributed by atoms with E-state index in [4.69, 9.17) is 4.74 Å². The van der Waals surface area contributed by atoms with Crippen molar-refractivity contribution in [3.63, 3.8) is 0 Å². The lowest BCUT2D eigenvalue weighted by Gasteiger charge is -2.03. The minimum atomic E-state index is -0.209. The van der Waals surface area contributed by atoms with Crippen LogP contribution in [0, 0.1) is 0 Å². The first-order valence-electron chi connectivity index (χ1n) is 4.46. The van der Waals surface area contributed by atoms with Crippen molar-refractivity contribution in [2.75, 3.05) is 32.1 Å². The number of carbonyl (C=O) groups is 1. The molecule has 0 saturated heterocycles. The number of nitrogens with zero attached hydrogens (tertiary/aromatic N) is 3. The maximum atomic E-state index is 11.3. The Hall–Kier alpha value is -1.60. The van der Waals surface area contributed by atoms with Crippen molar-refractivity contribution in [2.45, 2.75) is 0 Å². The van der Waals surface area contributed by atoms with Crippen molar-refractivity contribution in [3.8, 4) is 0 Å². The molecular formula is C8H13N5O2. The van der Waals surface area contributed by atoms with Crippen LogP contribution in [0.15, 0.2) is 12.4 Å². The molecular weight excluding hydrogens is 198 g/mol. The van der Waals surface area contributed by atoms with Gasteiger partial charge in [0, 0.05) is 13.7 Å². The number of aromatic nitrogens is 3. The van der Waals surface area contributed by atoms with Crippen molar-refractivity contribution >= 4 is 11.9 Å². The number of ether oxygens (including phenoxy) is 1. The predicted molar refractivity (Wildman–Crippen MR) is 53.2 cm³/mol. The van der Waals surface area contributed by atoms with Crippen LogP contribution in [0.5, 0.6) is 0 Å². The summed E-state index contributed by atoms with van der Waals surface area (Å²) in [6.45, 7) is 1.39. The third-order valence-corrected chi connectivity index (χ3v) is 1.50. The largest absolute Gasteiger partial charge is 0.383 e. The lowest BCUT2D eigenvalue weighted by molar-refractivity contribution is -0.115. The van der Waals surface area contributed by atoms with E-state index in [2.05, 4.69) is 25.8 Å². The summed E-state index contributed by atoms with van der Waals surface area (Å²) < 4.78 is 4.81.